The lowest BCUT2D eigenvalue weighted by atomic mass is 9.85. The van der Waals surface area contributed by atoms with Gasteiger partial charge in [0.25, 0.3) is 0 Å². The van der Waals surface area contributed by atoms with Crippen LogP contribution in [0.3, 0.4) is 0 Å². The molecule has 0 saturated heterocycles. The summed E-state index contributed by atoms with van der Waals surface area (Å²) in [5.41, 5.74) is 5.85. The molecule has 1 aliphatic carbocycles. The fourth-order valence-corrected chi connectivity index (χ4v) is 2.10. The molecule has 0 aromatic heterocycles. The van der Waals surface area contributed by atoms with Crippen LogP contribution in [0.4, 0.5) is 0 Å². The second kappa shape index (κ2) is 10.6. The molecule has 0 spiro atoms. The van der Waals surface area contributed by atoms with E-state index in [2.05, 4.69) is 5.32 Å². The fraction of sp³-hybridized carbons (Fsp3) is 0.917. The summed E-state index contributed by atoms with van der Waals surface area (Å²) >= 11 is 0. The van der Waals surface area contributed by atoms with Gasteiger partial charge in [0, 0.05) is 25.6 Å². The standard InChI is InChI=1S/C12H24N2O3.ClH/c1-16-7-8-17-6-5-14-12(15)10-3-2-4-11(13)9-10;/h10-11H,2-9,13H2,1H3,(H,14,15);1H. The maximum atomic E-state index is 11.8. The van der Waals surface area contributed by atoms with E-state index in [4.69, 9.17) is 15.2 Å². The first-order valence-electron chi connectivity index (χ1n) is 6.34. The Labute approximate surface area is 115 Å². The Hall–Kier alpha value is -0.360. The van der Waals surface area contributed by atoms with Gasteiger partial charge in [0.05, 0.1) is 19.8 Å². The second-order valence-electron chi connectivity index (χ2n) is 4.52. The van der Waals surface area contributed by atoms with Crippen molar-refractivity contribution in [2.75, 3.05) is 33.5 Å². The summed E-state index contributed by atoms with van der Waals surface area (Å²) in [5, 5.41) is 2.89. The van der Waals surface area contributed by atoms with Crippen molar-refractivity contribution in [3.63, 3.8) is 0 Å². The van der Waals surface area contributed by atoms with Gasteiger partial charge in [0.15, 0.2) is 0 Å². The van der Waals surface area contributed by atoms with Gasteiger partial charge in [-0.05, 0) is 19.3 Å². The van der Waals surface area contributed by atoms with Crippen LogP contribution in [0.15, 0.2) is 0 Å². The highest BCUT2D eigenvalue weighted by molar-refractivity contribution is 5.85. The normalized spacial score (nSPS) is 23.2. The Kier molecular flexibility index (Phi) is 10.3. The maximum Gasteiger partial charge on any atom is 0.223 e. The van der Waals surface area contributed by atoms with Crippen LogP contribution in [0.2, 0.25) is 0 Å². The topological polar surface area (TPSA) is 73.6 Å². The minimum Gasteiger partial charge on any atom is -0.382 e. The van der Waals surface area contributed by atoms with Gasteiger partial charge in [-0.15, -0.1) is 12.4 Å². The highest BCUT2D eigenvalue weighted by atomic mass is 35.5. The van der Waals surface area contributed by atoms with Crippen molar-refractivity contribution >= 4 is 18.3 Å². The number of carbonyl (C=O) groups is 1. The zero-order valence-corrected chi connectivity index (χ0v) is 11.8. The quantitative estimate of drug-likeness (QED) is 0.674. The second-order valence-corrected chi connectivity index (χ2v) is 4.52. The third-order valence-electron chi connectivity index (χ3n) is 3.06. The first kappa shape index (κ1) is 17.6. The molecule has 0 aromatic rings. The number of halogens is 1. The van der Waals surface area contributed by atoms with Crippen LogP contribution >= 0.6 is 12.4 Å². The molecule has 2 unspecified atom stereocenters. The van der Waals surface area contributed by atoms with E-state index in [1.54, 1.807) is 7.11 Å². The molecule has 0 radical (unpaired) electrons. The average molecular weight is 281 g/mol. The van der Waals surface area contributed by atoms with E-state index in [0.29, 0.717) is 26.4 Å². The minimum atomic E-state index is 0. The van der Waals surface area contributed by atoms with Gasteiger partial charge in [-0.25, -0.2) is 0 Å². The molecule has 0 aromatic carbocycles. The number of nitrogens with two attached hydrogens (primary N) is 1. The van der Waals surface area contributed by atoms with E-state index < -0.39 is 0 Å². The molecule has 0 bridgehead atoms. The average Bonchev–Trinajstić information content (AvgIpc) is 2.33. The van der Waals surface area contributed by atoms with Crippen molar-refractivity contribution in [1.29, 1.82) is 0 Å². The van der Waals surface area contributed by atoms with Gasteiger partial charge >= 0.3 is 0 Å². The lowest BCUT2D eigenvalue weighted by molar-refractivity contribution is -0.126. The molecule has 2 atom stereocenters. The van der Waals surface area contributed by atoms with E-state index in [1.165, 1.54) is 0 Å². The highest BCUT2D eigenvalue weighted by Crippen LogP contribution is 2.22. The summed E-state index contributed by atoms with van der Waals surface area (Å²) in [7, 11) is 1.64. The Morgan fingerprint density at radius 2 is 2.11 bits per heavy atom. The van der Waals surface area contributed by atoms with Crippen LogP contribution in [0.5, 0.6) is 0 Å². The third-order valence-corrected chi connectivity index (χ3v) is 3.06. The lowest BCUT2D eigenvalue weighted by Crippen LogP contribution is -2.38. The zero-order chi connectivity index (χ0) is 12.5. The molecule has 1 rings (SSSR count). The van der Waals surface area contributed by atoms with Crippen LogP contribution in [0, 0.1) is 5.92 Å². The number of rotatable bonds is 7. The fourth-order valence-electron chi connectivity index (χ4n) is 2.10. The summed E-state index contributed by atoms with van der Waals surface area (Å²) < 4.78 is 10.1. The summed E-state index contributed by atoms with van der Waals surface area (Å²) in [4.78, 5) is 11.8. The molecular weight excluding hydrogens is 256 g/mol. The van der Waals surface area contributed by atoms with Crippen molar-refractivity contribution in [3.8, 4) is 0 Å². The molecule has 18 heavy (non-hydrogen) atoms. The number of carbonyl (C=O) groups excluding carboxylic acids is 1. The molecule has 108 valence electrons. The molecule has 0 aliphatic heterocycles. The van der Waals surface area contributed by atoms with E-state index in [0.717, 1.165) is 25.7 Å². The maximum absolute atomic E-state index is 11.8. The molecule has 5 nitrogen and oxygen atoms in total. The Morgan fingerprint density at radius 3 is 2.78 bits per heavy atom. The summed E-state index contributed by atoms with van der Waals surface area (Å²) in [6.45, 7) is 2.26. The third kappa shape index (κ3) is 7.16. The van der Waals surface area contributed by atoms with Gasteiger partial charge in [-0.1, -0.05) is 6.42 Å². The lowest BCUT2D eigenvalue weighted by Gasteiger charge is -2.25. The zero-order valence-electron chi connectivity index (χ0n) is 11.0. The Morgan fingerprint density at radius 1 is 1.33 bits per heavy atom. The monoisotopic (exact) mass is 280 g/mol. The van der Waals surface area contributed by atoms with Crippen molar-refractivity contribution in [3.05, 3.63) is 0 Å². The minimum absolute atomic E-state index is 0. The van der Waals surface area contributed by atoms with Crippen molar-refractivity contribution in [2.24, 2.45) is 11.7 Å². The van der Waals surface area contributed by atoms with Gasteiger partial charge in [0.1, 0.15) is 0 Å². The largest absolute Gasteiger partial charge is 0.382 e. The van der Waals surface area contributed by atoms with E-state index >= 15 is 0 Å². The highest BCUT2D eigenvalue weighted by Gasteiger charge is 2.24. The molecule has 1 amide bonds. The van der Waals surface area contributed by atoms with Crippen LogP contribution in [-0.4, -0.2) is 45.4 Å². The van der Waals surface area contributed by atoms with Crippen LogP contribution in [-0.2, 0) is 14.3 Å². The smallest absolute Gasteiger partial charge is 0.223 e. The molecule has 6 heteroatoms. The predicted molar refractivity (Wildman–Crippen MR) is 72.9 cm³/mol. The number of methoxy groups -OCH3 is 1. The molecule has 0 heterocycles. The van der Waals surface area contributed by atoms with Crippen LogP contribution < -0.4 is 11.1 Å². The summed E-state index contributed by atoms with van der Waals surface area (Å²) in [5.74, 6) is 0.216. The number of hydrogen-bond acceptors (Lipinski definition) is 4. The summed E-state index contributed by atoms with van der Waals surface area (Å²) in [6, 6.07) is 0.192. The van der Waals surface area contributed by atoms with E-state index in [-0.39, 0.29) is 30.3 Å². The molecule has 3 N–H and O–H groups in total. The first-order valence-corrected chi connectivity index (χ1v) is 6.34. The van der Waals surface area contributed by atoms with Crippen LogP contribution in [0.25, 0.3) is 0 Å². The van der Waals surface area contributed by atoms with Gasteiger partial charge in [-0.3, -0.25) is 4.79 Å². The van der Waals surface area contributed by atoms with Crippen molar-refractivity contribution < 1.29 is 14.3 Å². The number of nitrogens with one attached hydrogen (secondary N) is 1. The van der Waals surface area contributed by atoms with E-state index in [9.17, 15) is 4.79 Å². The summed E-state index contributed by atoms with van der Waals surface area (Å²) in [6.07, 6.45) is 3.88. The molecular formula is C12H25ClN2O3. The Bertz CT molecular complexity index is 229. The van der Waals surface area contributed by atoms with Gasteiger partial charge in [-0.2, -0.15) is 0 Å². The molecule has 1 saturated carbocycles. The number of hydrogen-bond donors (Lipinski definition) is 2. The van der Waals surface area contributed by atoms with Gasteiger partial charge in [0.2, 0.25) is 5.91 Å². The van der Waals surface area contributed by atoms with Crippen molar-refractivity contribution in [1.82, 2.24) is 5.32 Å². The van der Waals surface area contributed by atoms with Crippen molar-refractivity contribution in [2.45, 2.75) is 31.7 Å². The number of amides is 1. The van der Waals surface area contributed by atoms with E-state index in [1.807, 2.05) is 0 Å². The molecule has 1 aliphatic rings. The van der Waals surface area contributed by atoms with Gasteiger partial charge < -0.3 is 20.5 Å². The molecule has 1 fully saturated rings. The number of ether oxygens (including phenoxy) is 2. The SMILES string of the molecule is COCCOCCNC(=O)C1CCCC(N)C1.Cl. The Balaban J connectivity index is 0.00000289. The van der Waals surface area contributed by atoms with Crippen LogP contribution in [0.1, 0.15) is 25.7 Å². The first-order chi connectivity index (χ1) is 8.24. The predicted octanol–water partition coefficient (Wildman–Crippen LogP) is 0.705.